The summed E-state index contributed by atoms with van der Waals surface area (Å²) in [6, 6.07) is 42.1. The molecule has 0 amide bonds. The van der Waals surface area contributed by atoms with Crippen LogP contribution in [-0.4, -0.2) is 8.80 Å². The molecule has 127 valence electrons. The highest BCUT2D eigenvalue weighted by Crippen LogP contribution is 2.15. The molecule has 0 aliphatic carbocycles. The fraction of sp³-hybridized carbons (Fsp3) is 0. The first-order chi connectivity index (χ1) is 13.4. The zero-order valence-corrected chi connectivity index (χ0v) is 16.0. The van der Waals surface area contributed by atoms with Gasteiger partial charge in [0, 0.05) is 0 Å². The normalized spacial score (nSPS) is 11.3. The van der Waals surface area contributed by atoms with Crippen LogP contribution in [0.2, 0.25) is 0 Å². The summed E-state index contributed by atoms with van der Waals surface area (Å²) in [5.74, 6) is 0. The number of hydrogen-bond donors (Lipinski definition) is 0. The van der Waals surface area contributed by atoms with Crippen LogP contribution in [0.3, 0.4) is 0 Å². The van der Waals surface area contributed by atoms with Gasteiger partial charge < -0.3 is 0 Å². The third kappa shape index (κ3) is 2.96. The maximum atomic E-state index is 2.39. The van der Waals surface area contributed by atoms with E-state index in [4.69, 9.17) is 0 Å². The van der Waals surface area contributed by atoms with E-state index in [2.05, 4.69) is 115 Å². The molecule has 0 fully saturated rings. The zero-order valence-electron chi connectivity index (χ0n) is 15.0. The Kier molecular flexibility index (Phi) is 4.08. The summed E-state index contributed by atoms with van der Waals surface area (Å²) in [4.78, 5) is 0. The third-order valence-corrected chi connectivity index (χ3v) is 7.93. The van der Waals surface area contributed by atoms with Crippen molar-refractivity contribution in [3.63, 3.8) is 0 Å². The van der Waals surface area contributed by atoms with E-state index in [1.807, 2.05) is 0 Å². The van der Waals surface area contributed by atoms with Crippen molar-refractivity contribution < 1.29 is 0 Å². The molecule has 0 aliphatic rings. The van der Waals surface area contributed by atoms with E-state index in [-0.39, 0.29) is 0 Å². The molecule has 0 bridgehead atoms. The van der Waals surface area contributed by atoms with Crippen molar-refractivity contribution in [3.05, 3.63) is 115 Å². The van der Waals surface area contributed by atoms with Gasteiger partial charge in [0.2, 0.25) is 0 Å². The lowest BCUT2D eigenvalue weighted by Gasteiger charge is -2.19. The maximum absolute atomic E-state index is 2.39. The molecule has 0 atom stereocenters. The van der Waals surface area contributed by atoms with Crippen molar-refractivity contribution >= 4 is 45.9 Å². The molecule has 1 radical (unpaired) electrons. The zero-order chi connectivity index (χ0) is 18.1. The molecular formula is C26H19Si. The minimum atomic E-state index is -1.09. The fourth-order valence-electron chi connectivity index (χ4n) is 3.87. The first-order valence-electron chi connectivity index (χ1n) is 9.30. The average Bonchev–Trinajstić information content (AvgIpc) is 2.75. The molecule has 5 aromatic rings. The second-order valence-corrected chi connectivity index (χ2v) is 9.27. The lowest BCUT2D eigenvalue weighted by atomic mass is 10.1. The van der Waals surface area contributed by atoms with E-state index in [1.54, 1.807) is 0 Å². The lowest BCUT2D eigenvalue weighted by molar-refractivity contribution is 1.73. The van der Waals surface area contributed by atoms with Crippen LogP contribution in [0.4, 0.5) is 0 Å². The molecule has 0 heterocycles. The first kappa shape index (κ1) is 16.0. The highest BCUT2D eigenvalue weighted by atomic mass is 28.3. The van der Waals surface area contributed by atoms with Gasteiger partial charge in [0.15, 0.2) is 8.80 Å². The first-order valence-corrected chi connectivity index (χ1v) is 10.8. The molecule has 0 spiro atoms. The van der Waals surface area contributed by atoms with Crippen LogP contribution in [-0.2, 0) is 0 Å². The van der Waals surface area contributed by atoms with Crippen molar-refractivity contribution in [3.8, 4) is 0 Å². The smallest absolute Gasteiger partial charge is 0.0624 e. The maximum Gasteiger partial charge on any atom is 0.155 e. The minimum Gasteiger partial charge on any atom is -0.0624 e. The van der Waals surface area contributed by atoms with Gasteiger partial charge in [0.1, 0.15) is 0 Å². The van der Waals surface area contributed by atoms with Gasteiger partial charge in [-0.05, 0) is 31.9 Å². The Balaban J connectivity index is 1.78. The average molecular weight is 360 g/mol. The second kappa shape index (κ2) is 6.86. The molecule has 0 nitrogen and oxygen atoms in total. The summed E-state index contributed by atoms with van der Waals surface area (Å²) in [5.41, 5.74) is 0. The van der Waals surface area contributed by atoms with E-state index in [0.717, 1.165) is 0 Å². The Hall–Kier alpha value is -3.16. The molecule has 0 unspecified atom stereocenters. The number of hydrogen-bond acceptors (Lipinski definition) is 0. The van der Waals surface area contributed by atoms with Gasteiger partial charge in [0.05, 0.1) is 0 Å². The fourth-order valence-corrected chi connectivity index (χ4v) is 6.66. The van der Waals surface area contributed by atoms with E-state index in [1.165, 1.54) is 37.1 Å². The van der Waals surface area contributed by atoms with Crippen molar-refractivity contribution in [2.45, 2.75) is 0 Å². The Labute approximate surface area is 161 Å². The number of fused-ring (bicyclic) bond motifs is 2. The molecule has 27 heavy (non-hydrogen) atoms. The van der Waals surface area contributed by atoms with Crippen LogP contribution < -0.4 is 15.6 Å². The van der Waals surface area contributed by atoms with Crippen LogP contribution in [0, 0.1) is 0 Å². The van der Waals surface area contributed by atoms with Gasteiger partial charge in [0.25, 0.3) is 0 Å². The molecule has 0 saturated heterocycles. The van der Waals surface area contributed by atoms with Gasteiger partial charge in [-0.25, -0.2) is 0 Å². The quantitative estimate of drug-likeness (QED) is 0.328. The minimum absolute atomic E-state index is 1.09. The van der Waals surface area contributed by atoms with Crippen LogP contribution in [0.5, 0.6) is 0 Å². The van der Waals surface area contributed by atoms with Gasteiger partial charge >= 0.3 is 0 Å². The van der Waals surface area contributed by atoms with Crippen molar-refractivity contribution in [2.75, 3.05) is 0 Å². The Morgan fingerprint density at radius 2 is 1.07 bits per heavy atom. The van der Waals surface area contributed by atoms with Crippen LogP contribution >= 0.6 is 0 Å². The van der Waals surface area contributed by atoms with Crippen LogP contribution in [0.25, 0.3) is 21.5 Å². The highest BCUT2D eigenvalue weighted by Gasteiger charge is 2.21. The SMILES string of the molecule is c1ccc([Si](c2ccc3ccccc3c2)c2cccc3ccccc23)cc1. The van der Waals surface area contributed by atoms with Crippen molar-refractivity contribution in [1.82, 2.24) is 0 Å². The molecule has 0 N–H and O–H groups in total. The summed E-state index contributed by atoms with van der Waals surface area (Å²) in [6.45, 7) is 0. The van der Waals surface area contributed by atoms with Crippen LogP contribution in [0.15, 0.2) is 115 Å². The number of benzene rings is 5. The standard InChI is InChI=1S/C26H19Si/c1-2-13-23(14-3-1)27(24-18-17-20-9-4-5-11-22(20)19-24)26-16-8-12-21-10-6-7-15-25(21)26/h1-19H. The molecule has 0 saturated carbocycles. The summed E-state index contributed by atoms with van der Waals surface area (Å²) in [6.07, 6.45) is 0. The second-order valence-electron chi connectivity index (χ2n) is 6.83. The lowest BCUT2D eigenvalue weighted by Crippen LogP contribution is -2.52. The Morgan fingerprint density at radius 3 is 1.93 bits per heavy atom. The molecular weight excluding hydrogens is 340 g/mol. The Morgan fingerprint density at radius 1 is 0.407 bits per heavy atom. The summed E-state index contributed by atoms with van der Waals surface area (Å²) >= 11 is 0. The van der Waals surface area contributed by atoms with E-state index >= 15 is 0 Å². The predicted octanol–water partition coefficient (Wildman–Crippen LogP) is 4.51. The monoisotopic (exact) mass is 359 g/mol. The van der Waals surface area contributed by atoms with Gasteiger partial charge in [-0.15, -0.1) is 0 Å². The topological polar surface area (TPSA) is 0 Å². The van der Waals surface area contributed by atoms with E-state index < -0.39 is 8.80 Å². The summed E-state index contributed by atoms with van der Waals surface area (Å²) in [7, 11) is -1.09. The molecule has 5 rings (SSSR count). The van der Waals surface area contributed by atoms with Crippen molar-refractivity contribution in [2.24, 2.45) is 0 Å². The van der Waals surface area contributed by atoms with Gasteiger partial charge in [-0.3, -0.25) is 0 Å². The molecule has 5 aromatic carbocycles. The molecule has 0 aliphatic heterocycles. The van der Waals surface area contributed by atoms with Gasteiger partial charge in [-0.2, -0.15) is 0 Å². The van der Waals surface area contributed by atoms with E-state index in [0.29, 0.717) is 0 Å². The summed E-state index contributed by atoms with van der Waals surface area (Å²) in [5, 5.41) is 9.61. The molecule has 1 heteroatoms. The van der Waals surface area contributed by atoms with Crippen molar-refractivity contribution in [1.29, 1.82) is 0 Å². The van der Waals surface area contributed by atoms with Gasteiger partial charge in [-0.1, -0.05) is 120 Å². The van der Waals surface area contributed by atoms with Crippen LogP contribution in [0.1, 0.15) is 0 Å². The predicted molar refractivity (Wildman–Crippen MR) is 119 cm³/mol. The summed E-state index contributed by atoms with van der Waals surface area (Å²) < 4.78 is 0. The number of rotatable bonds is 3. The van der Waals surface area contributed by atoms with E-state index in [9.17, 15) is 0 Å². The molecule has 0 aromatic heterocycles. The Bertz CT molecular complexity index is 1220. The third-order valence-electron chi connectivity index (χ3n) is 5.16. The highest BCUT2D eigenvalue weighted by molar-refractivity contribution is 6.97. The largest absolute Gasteiger partial charge is 0.155 e.